The Hall–Kier alpha value is -1.36. The number of hydrogen-bond donors (Lipinski definition) is 1. The zero-order valence-corrected chi connectivity index (χ0v) is 14.7. The first-order valence-electron chi connectivity index (χ1n) is 8.81. The van der Waals surface area contributed by atoms with Gasteiger partial charge in [-0.15, -0.1) is 11.3 Å². The van der Waals surface area contributed by atoms with Gasteiger partial charge in [0.15, 0.2) is 0 Å². The van der Waals surface area contributed by atoms with Crippen LogP contribution in [0.5, 0.6) is 0 Å². The van der Waals surface area contributed by atoms with Crippen LogP contribution in [0, 0.1) is 5.92 Å². The number of rotatable bonds is 5. The van der Waals surface area contributed by atoms with Crippen molar-refractivity contribution in [1.29, 1.82) is 0 Å². The number of amides is 2. The number of carbonyl (C=O) groups is 2. The Bertz CT molecular complexity index is 558. The molecule has 1 aromatic rings. The smallest absolute Gasteiger partial charge is 0.261 e. The molecule has 1 aromatic heterocycles. The lowest BCUT2D eigenvalue weighted by Gasteiger charge is -2.20. The second-order valence-corrected chi connectivity index (χ2v) is 8.01. The molecule has 2 heterocycles. The number of nitrogens with zero attached hydrogens (tertiary/aromatic N) is 1. The van der Waals surface area contributed by atoms with Crippen LogP contribution in [0.15, 0.2) is 6.07 Å². The molecule has 1 saturated heterocycles. The van der Waals surface area contributed by atoms with Crippen molar-refractivity contribution in [3.8, 4) is 0 Å². The SMILES string of the molecule is C[C@H](CNC(=O)c1cc2c(s1)CCCCC2)CN1CCCC1=O. The van der Waals surface area contributed by atoms with Crippen LogP contribution in [0.25, 0.3) is 0 Å². The van der Waals surface area contributed by atoms with E-state index in [2.05, 4.69) is 18.3 Å². The highest BCUT2D eigenvalue weighted by atomic mass is 32.1. The molecule has 0 spiro atoms. The van der Waals surface area contributed by atoms with E-state index in [1.54, 1.807) is 11.3 Å². The van der Waals surface area contributed by atoms with E-state index < -0.39 is 0 Å². The summed E-state index contributed by atoms with van der Waals surface area (Å²) in [7, 11) is 0. The van der Waals surface area contributed by atoms with Gasteiger partial charge in [-0.1, -0.05) is 13.3 Å². The molecular weight excluding hydrogens is 308 g/mol. The van der Waals surface area contributed by atoms with Crippen LogP contribution >= 0.6 is 11.3 Å². The van der Waals surface area contributed by atoms with Gasteiger partial charge in [-0.05, 0) is 49.7 Å². The molecule has 1 aliphatic heterocycles. The topological polar surface area (TPSA) is 49.4 Å². The maximum absolute atomic E-state index is 12.4. The minimum atomic E-state index is 0.0441. The Morgan fingerprint density at radius 3 is 2.87 bits per heavy atom. The van der Waals surface area contributed by atoms with E-state index in [4.69, 9.17) is 0 Å². The lowest BCUT2D eigenvalue weighted by Crippen LogP contribution is -2.35. The van der Waals surface area contributed by atoms with Crippen molar-refractivity contribution in [2.45, 2.75) is 51.9 Å². The first kappa shape index (κ1) is 16.5. The molecule has 1 N–H and O–H groups in total. The lowest BCUT2D eigenvalue weighted by atomic mass is 10.1. The van der Waals surface area contributed by atoms with Gasteiger partial charge in [0, 0.05) is 30.9 Å². The summed E-state index contributed by atoms with van der Waals surface area (Å²) in [5, 5.41) is 3.05. The van der Waals surface area contributed by atoms with Gasteiger partial charge in [0.25, 0.3) is 5.91 Å². The molecule has 1 atom stereocenters. The van der Waals surface area contributed by atoms with E-state index in [1.165, 1.54) is 29.7 Å². The molecule has 4 nitrogen and oxygen atoms in total. The van der Waals surface area contributed by atoms with Crippen LogP contribution in [0.2, 0.25) is 0 Å². The largest absolute Gasteiger partial charge is 0.351 e. The van der Waals surface area contributed by atoms with E-state index in [9.17, 15) is 9.59 Å². The summed E-state index contributed by atoms with van der Waals surface area (Å²) in [6, 6.07) is 2.09. The molecule has 5 heteroatoms. The zero-order chi connectivity index (χ0) is 16.2. The summed E-state index contributed by atoms with van der Waals surface area (Å²) in [6.07, 6.45) is 7.68. The molecule has 0 aromatic carbocycles. The Morgan fingerprint density at radius 2 is 2.09 bits per heavy atom. The van der Waals surface area contributed by atoms with E-state index in [1.807, 2.05) is 4.90 Å². The monoisotopic (exact) mass is 334 g/mol. The Kier molecular flexibility index (Phi) is 5.36. The lowest BCUT2D eigenvalue weighted by molar-refractivity contribution is -0.128. The molecule has 0 bridgehead atoms. The molecule has 2 amide bonds. The first-order valence-corrected chi connectivity index (χ1v) is 9.62. The van der Waals surface area contributed by atoms with E-state index in [-0.39, 0.29) is 11.8 Å². The number of aryl methyl sites for hydroxylation is 2. The molecule has 1 aliphatic carbocycles. The van der Waals surface area contributed by atoms with Crippen molar-refractivity contribution in [1.82, 2.24) is 10.2 Å². The predicted molar refractivity (Wildman–Crippen MR) is 92.9 cm³/mol. The number of hydrogen-bond acceptors (Lipinski definition) is 3. The second-order valence-electron chi connectivity index (χ2n) is 6.88. The van der Waals surface area contributed by atoms with E-state index in [0.29, 0.717) is 18.9 Å². The minimum Gasteiger partial charge on any atom is -0.351 e. The number of nitrogens with one attached hydrogen (secondary N) is 1. The zero-order valence-electron chi connectivity index (χ0n) is 13.9. The number of fused-ring (bicyclic) bond motifs is 1. The average molecular weight is 334 g/mol. The van der Waals surface area contributed by atoms with Crippen molar-refractivity contribution in [3.63, 3.8) is 0 Å². The van der Waals surface area contributed by atoms with Crippen LogP contribution in [0.1, 0.15) is 59.1 Å². The van der Waals surface area contributed by atoms with E-state index >= 15 is 0 Å². The van der Waals surface area contributed by atoms with Gasteiger partial charge in [-0.25, -0.2) is 0 Å². The van der Waals surface area contributed by atoms with Crippen molar-refractivity contribution in [3.05, 3.63) is 21.4 Å². The summed E-state index contributed by atoms with van der Waals surface area (Å²) in [5.41, 5.74) is 1.38. The highest BCUT2D eigenvalue weighted by Crippen LogP contribution is 2.28. The number of likely N-dealkylation sites (tertiary alicyclic amines) is 1. The van der Waals surface area contributed by atoms with Crippen LogP contribution in [0.3, 0.4) is 0 Å². The summed E-state index contributed by atoms with van der Waals surface area (Å²) in [6.45, 7) is 4.34. The first-order chi connectivity index (χ1) is 11.1. The maximum atomic E-state index is 12.4. The molecule has 0 saturated carbocycles. The van der Waals surface area contributed by atoms with Crippen LogP contribution in [0.4, 0.5) is 0 Å². The minimum absolute atomic E-state index is 0.0441. The van der Waals surface area contributed by atoms with Crippen LogP contribution in [-0.2, 0) is 17.6 Å². The average Bonchev–Trinajstić information content (AvgIpc) is 3.06. The van der Waals surface area contributed by atoms with Gasteiger partial charge >= 0.3 is 0 Å². The second kappa shape index (κ2) is 7.47. The third kappa shape index (κ3) is 4.14. The van der Waals surface area contributed by atoms with Crippen LogP contribution in [-0.4, -0.2) is 36.3 Å². The standard InChI is InChI=1S/C18H26N2O2S/c1-13(12-20-9-5-8-17(20)21)11-19-18(22)16-10-14-6-3-2-4-7-15(14)23-16/h10,13H,2-9,11-12H2,1H3,(H,19,22)/t13-/m1/s1. The van der Waals surface area contributed by atoms with Gasteiger partial charge in [-0.2, -0.15) is 0 Å². The third-order valence-corrected chi connectivity index (χ3v) is 6.02. The van der Waals surface area contributed by atoms with Crippen molar-refractivity contribution in [2.75, 3.05) is 19.6 Å². The molecule has 23 heavy (non-hydrogen) atoms. The van der Waals surface area contributed by atoms with Crippen molar-refractivity contribution < 1.29 is 9.59 Å². The quantitative estimate of drug-likeness (QED) is 0.842. The van der Waals surface area contributed by atoms with E-state index in [0.717, 1.165) is 37.2 Å². The molecule has 0 radical (unpaired) electrons. The Balaban J connectivity index is 1.50. The summed E-state index contributed by atoms with van der Waals surface area (Å²) in [5.74, 6) is 0.589. The van der Waals surface area contributed by atoms with Crippen molar-refractivity contribution >= 4 is 23.2 Å². The molecule has 0 unspecified atom stereocenters. The fraction of sp³-hybridized carbons (Fsp3) is 0.667. The third-order valence-electron chi connectivity index (χ3n) is 4.78. The molecule has 1 fully saturated rings. The normalized spacial score (nSPS) is 19.3. The fourth-order valence-electron chi connectivity index (χ4n) is 3.47. The Morgan fingerprint density at radius 1 is 1.26 bits per heavy atom. The highest BCUT2D eigenvalue weighted by molar-refractivity contribution is 7.14. The summed E-state index contributed by atoms with van der Waals surface area (Å²) >= 11 is 1.67. The number of thiophene rings is 1. The summed E-state index contributed by atoms with van der Waals surface area (Å²) in [4.78, 5) is 28.2. The number of carbonyl (C=O) groups excluding carboxylic acids is 2. The highest BCUT2D eigenvalue weighted by Gasteiger charge is 2.22. The Labute approximate surface area is 142 Å². The molecule has 126 valence electrons. The van der Waals surface area contributed by atoms with Gasteiger partial charge in [-0.3, -0.25) is 9.59 Å². The summed E-state index contributed by atoms with van der Waals surface area (Å²) < 4.78 is 0. The van der Waals surface area contributed by atoms with Gasteiger partial charge in [0.1, 0.15) is 0 Å². The molecular formula is C18H26N2O2S. The van der Waals surface area contributed by atoms with Gasteiger partial charge < -0.3 is 10.2 Å². The fourth-order valence-corrected chi connectivity index (χ4v) is 4.64. The maximum Gasteiger partial charge on any atom is 0.261 e. The molecule has 2 aliphatic rings. The van der Waals surface area contributed by atoms with Crippen molar-refractivity contribution in [2.24, 2.45) is 5.92 Å². The predicted octanol–water partition coefficient (Wildman–Crippen LogP) is 3.01. The van der Waals surface area contributed by atoms with Crippen LogP contribution < -0.4 is 5.32 Å². The molecule has 3 rings (SSSR count). The van der Waals surface area contributed by atoms with Gasteiger partial charge in [0.05, 0.1) is 4.88 Å². The van der Waals surface area contributed by atoms with Gasteiger partial charge in [0.2, 0.25) is 5.91 Å².